The highest BCUT2D eigenvalue weighted by molar-refractivity contribution is 14.1. The van der Waals surface area contributed by atoms with Gasteiger partial charge in [0.25, 0.3) is 10.1 Å². The molecule has 0 saturated carbocycles. The van der Waals surface area contributed by atoms with Gasteiger partial charge in [0.1, 0.15) is 0 Å². The Kier molecular flexibility index (Phi) is 3.17. The zero-order valence-corrected chi connectivity index (χ0v) is 6.76. The first kappa shape index (κ1) is 8.60. The van der Waals surface area contributed by atoms with Gasteiger partial charge in [-0.1, -0.05) is 22.6 Å². The van der Waals surface area contributed by atoms with Gasteiger partial charge in [-0.3, -0.25) is 4.55 Å². The van der Waals surface area contributed by atoms with Gasteiger partial charge in [-0.15, -0.1) is 0 Å². The molecule has 6 heteroatoms. The molecule has 0 aliphatic heterocycles. The molecule has 0 radical (unpaired) electrons. The van der Waals surface area contributed by atoms with Crippen molar-refractivity contribution in [1.29, 1.82) is 0 Å². The maximum absolute atomic E-state index is 9.95. The van der Waals surface area contributed by atoms with E-state index in [0.717, 1.165) is 0 Å². The van der Waals surface area contributed by atoms with Gasteiger partial charge in [0, 0.05) is 0 Å². The van der Waals surface area contributed by atoms with Gasteiger partial charge < -0.3 is 5.11 Å². The van der Waals surface area contributed by atoms with Crippen LogP contribution in [0.2, 0.25) is 0 Å². The standard InChI is InChI=1S/C2H5IO4S/c3-2(1-4)8(5,6)7/h2,4H,1H2,(H,5,6,7). The summed E-state index contributed by atoms with van der Waals surface area (Å²) < 4.78 is 26.9. The average Bonchev–Trinajstić information content (AvgIpc) is 1.62. The molecular formula is C2H5IO4S. The number of rotatable bonds is 2. The van der Waals surface area contributed by atoms with Crippen LogP contribution in [0.1, 0.15) is 0 Å². The van der Waals surface area contributed by atoms with Gasteiger partial charge in [0.15, 0.2) is 3.26 Å². The molecule has 0 rings (SSSR count). The lowest BCUT2D eigenvalue weighted by molar-refractivity contribution is 0.311. The largest absolute Gasteiger partial charge is 0.394 e. The van der Waals surface area contributed by atoms with Crippen LogP contribution in [0.3, 0.4) is 0 Å². The summed E-state index contributed by atoms with van der Waals surface area (Å²) in [6, 6.07) is 0. The number of aliphatic hydroxyl groups excluding tert-OH is 1. The normalized spacial score (nSPS) is 15.9. The van der Waals surface area contributed by atoms with Crippen molar-refractivity contribution < 1.29 is 18.1 Å². The maximum Gasteiger partial charge on any atom is 0.279 e. The van der Waals surface area contributed by atoms with Crippen molar-refractivity contribution >= 4 is 32.7 Å². The lowest BCUT2D eigenvalue weighted by Gasteiger charge is -1.97. The van der Waals surface area contributed by atoms with E-state index in [0.29, 0.717) is 0 Å². The fourth-order valence-electron chi connectivity index (χ4n) is 0.0942. The van der Waals surface area contributed by atoms with Crippen molar-refractivity contribution in [3.05, 3.63) is 0 Å². The van der Waals surface area contributed by atoms with Crippen molar-refractivity contribution in [2.75, 3.05) is 6.61 Å². The molecule has 0 spiro atoms. The molecule has 50 valence electrons. The average molecular weight is 252 g/mol. The highest BCUT2D eigenvalue weighted by atomic mass is 127. The zero-order valence-electron chi connectivity index (χ0n) is 3.78. The van der Waals surface area contributed by atoms with Crippen molar-refractivity contribution in [3.63, 3.8) is 0 Å². The molecule has 0 aromatic heterocycles. The second kappa shape index (κ2) is 2.95. The smallest absolute Gasteiger partial charge is 0.279 e. The van der Waals surface area contributed by atoms with E-state index < -0.39 is 20.0 Å². The SMILES string of the molecule is O=S(=O)(O)C(I)CO. The Bertz CT molecular complexity index is 149. The highest BCUT2D eigenvalue weighted by Gasteiger charge is 2.16. The Hall–Kier alpha value is 0.600. The predicted molar refractivity (Wildman–Crippen MR) is 36.4 cm³/mol. The van der Waals surface area contributed by atoms with Gasteiger partial charge in [0.2, 0.25) is 0 Å². The van der Waals surface area contributed by atoms with Crippen LogP contribution < -0.4 is 0 Å². The van der Waals surface area contributed by atoms with E-state index >= 15 is 0 Å². The molecule has 0 aliphatic carbocycles. The summed E-state index contributed by atoms with van der Waals surface area (Å²) in [4.78, 5) is 0. The molecule has 4 nitrogen and oxygen atoms in total. The Labute approximate surface area is 60.8 Å². The molecule has 0 saturated heterocycles. The van der Waals surface area contributed by atoms with Gasteiger partial charge >= 0.3 is 0 Å². The van der Waals surface area contributed by atoms with E-state index in [9.17, 15) is 8.42 Å². The highest BCUT2D eigenvalue weighted by Crippen LogP contribution is 2.05. The summed E-state index contributed by atoms with van der Waals surface area (Å²) in [5.41, 5.74) is 0. The van der Waals surface area contributed by atoms with E-state index in [1.807, 2.05) is 0 Å². The third-order valence-corrected chi connectivity index (χ3v) is 3.58. The Morgan fingerprint density at radius 2 is 2.00 bits per heavy atom. The van der Waals surface area contributed by atoms with Crippen LogP contribution in [0.15, 0.2) is 0 Å². The van der Waals surface area contributed by atoms with Crippen LogP contribution in [0.5, 0.6) is 0 Å². The first-order chi connectivity index (χ1) is 3.48. The first-order valence-corrected chi connectivity index (χ1v) is 4.44. The maximum atomic E-state index is 9.95. The molecule has 0 bridgehead atoms. The monoisotopic (exact) mass is 252 g/mol. The Balaban J connectivity index is 4.04. The molecule has 1 unspecified atom stereocenters. The Morgan fingerprint density at radius 1 is 1.62 bits per heavy atom. The molecular weight excluding hydrogens is 247 g/mol. The molecule has 2 N–H and O–H groups in total. The van der Waals surface area contributed by atoms with Crippen molar-refractivity contribution in [1.82, 2.24) is 0 Å². The molecule has 0 amide bonds. The van der Waals surface area contributed by atoms with Crippen molar-refractivity contribution in [2.45, 2.75) is 3.26 Å². The number of hydrogen-bond acceptors (Lipinski definition) is 3. The molecule has 0 aromatic rings. The Morgan fingerprint density at radius 3 is 2.00 bits per heavy atom. The number of halogens is 1. The summed E-state index contributed by atoms with van der Waals surface area (Å²) in [6.07, 6.45) is 0. The third kappa shape index (κ3) is 2.80. The van der Waals surface area contributed by atoms with Crippen molar-refractivity contribution in [2.24, 2.45) is 0 Å². The number of aliphatic hydroxyl groups is 1. The van der Waals surface area contributed by atoms with Crippen LogP contribution in [-0.2, 0) is 10.1 Å². The molecule has 1 atom stereocenters. The summed E-state index contributed by atoms with van der Waals surface area (Å²) in [6.45, 7) is -0.556. The van der Waals surface area contributed by atoms with Gasteiger partial charge in [-0.05, 0) is 0 Å². The summed E-state index contributed by atoms with van der Waals surface area (Å²) in [5.74, 6) is 0. The lowest BCUT2D eigenvalue weighted by atomic mass is 10.9. The van der Waals surface area contributed by atoms with E-state index in [1.54, 1.807) is 0 Å². The lowest BCUT2D eigenvalue weighted by Crippen LogP contribution is -2.16. The van der Waals surface area contributed by atoms with E-state index in [2.05, 4.69) is 0 Å². The van der Waals surface area contributed by atoms with E-state index in [4.69, 9.17) is 9.66 Å². The quantitative estimate of drug-likeness (QED) is 0.399. The predicted octanol–water partition coefficient (Wildman–Crippen LogP) is -0.372. The summed E-state index contributed by atoms with van der Waals surface area (Å²) in [7, 11) is -4.02. The van der Waals surface area contributed by atoms with Crippen LogP contribution >= 0.6 is 22.6 Å². The molecule has 0 fully saturated rings. The second-order valence-electron chi connectivity index (χ2n) is 1.11. The topological polar surface area (TPSA) is 74.6 Å². The third-order valence-electron chi connectivity index (χ3n) is 0.467. The fraction of sp³-hybridized carbons (Fsp3) is 1.00. The van der Waals surface area contributed by atoms with Crippen molar-refractivity contribution in [3.8, 4) is 0 Å². The molecule has 0 heterocycles. The van der Waals surface area contributed by atoms with Gasteiger partial charge in [-0.2, -0.15) is 8.42 Å². The van der Waals surface area contributed by atoms with Crippen LogP contribution in [0, 0.1) is 0 Å². The summed E-state index contributed by atoms with van der Waals surface area (Å²) >= 11 is 1.42. The van der Waals surface area contributed by atoms with Gasteiger partial charge in [0.05, 0.1) is 6.61 Å². The zero-order chi connectivity index (χ0) is 6.78. The fourth-order valence-corrected chi connectivity index (χ4v) is 0.283. The number of alkyl halides is 1. The summed E-state index contributed by atoms with van der Waals surface area (Å²) in [5, 5.41) is 8.12. The minimum Gasteiger partial charge on any atom is -0.394 e. The molecule has 0 aromatic carbocycles. The van der Waals surface area contributed by atoms with E-state index in [1.165, 1.54) is 22.6 Å². The van der Waals surface area contributed by atoms with Crippen LogP contribution in [0.25, 0.3) is 0 Å². The second-order valence-corrected chi connectivity index (χ2v) is 5.06. The first-order valence-electron chi connectivity index (χ1n) is 1.69. The van der Waals surface area contributed by atoms with Crippen LogP contribution in [-0.4, -0.2) is 27.9 Å². The minimum atomic E-state index is -4.02. The van der Waals surface area contributed by atoms with Gasteiger partial charge in [-0.25, -0.2) is 0 Å². The minimum absolute atomic E-state index is 0.556. The van der Waals surface area contributed by atoms with Crippen LogP contribution in [0.4, 0.5) is 0 Å². The molecule has 8 heavy (non-hydrogen) atoms. The number of hydrogen-bond donors (Lipinski definition) is 2. The molecule has 0 aliphatic rings. The van der Waals surface area contributed by atoms with E-state index in [-0.39, 0.29) is 0 Å².